The van der Waals surface area contributed by atoms with E-state index in [1.807, 2.05) is 12.1 Å². The first-order chi connectivity index (χ1) is 9.76. The summed E-state index contributed by atoms with van der Waals surface area (Å²) in [6.07, 6.45) is 5.15. The van der Waals surface area contributed by atoms with Gasteiger partial charge in [0.05, 0.1) is 0 Å². The van der Waals surface area contributed by atoms with E-state index in [9.17, 15) is 0 Å². The van der Waals surface area contributed by atoms with Crippen molar-refractivity contribution >= 4 is 11.6 Å². The van der Waals surface area contributed by atoms with Crippen LogP contribution in [0.4, 0.5) is 0 Å². The maximum atomic E-state index is 6.01. The lowest BCUT2D eigenvalue weighted by Crippen LogP contribution is -2.56. The minimum Gasteiger partial charge on any atom is -0.306 e. The second-order valence-corrected chi connectivity index (χ2v) is 6.74. The molecule has 3 heterocycles. The zero-order valence-electron chi connectivity index (χ0n) is 12.3. The first-order valence-electron chi connectivity index (χ1n) is 8.00. The van der Waals surface area contributed by atoms with Crippen LogP contribution in [0.25, 0.3) is 0 Å². The molecular weight excluding hydrogens is 268 g/mol. The summed E-state index contributed by atoms with van der Waals surface area (Å²) in [7, 11) is 0. The van der Waals surface area contributed by atoms with Crippen molar-refractivity contribution in [2.24, 2.45) is 5.92 Å². The Hall–Kier alpha value is -0.570. The lowest BCUT2D eigenvalue weighted by atomic mass is 9.83. The van der Waals surface area contributed by atoms with Crippen LogP contribution in [0.15, 0.2) is 24.3 Å². The molecule has 3 aliphatic heterocycles. The van der Waals surface area contributed by atoms with Crippen molar-refractivity contribution in [2.45, 2.75) is 44.7 Å². The van der Waals surface area contributed by atoms with Crippen LogP contribution in [0.5, 0.6) is 0 Å². The zero-order valence-corrected chi connectivity index (χ0v) is 13.1. The summed E-state index contributed by atoms with van der Waals surface area (Å²) in [5.74, 6) is 0.881. The molecule has 2 nitrogen and oxygen atoms in total. The van der Waals surface area contributed by atoms with Crippen LogP contribution >= 0.6 is 11.6 Å². The van der Waals surface area contributed by atoms with Gasteiger partial charge < -0.3 is 10.2 Å². The molecule has 1 aromatic rings. The molecule has 3 aliphatic rings. The average Bonchev–Trinajstić information content (AvgIpc) is 2.49. The number of hydrogen-bond donors (Lipinski definition) is 1. The number of halogens is 1. The lowest BCUT2D eigenvalue weighted by molar-refractivity contribution is 0.0662. The third-order valence-electron chi connectivity index (χ3n) is 4.92. The summed E-state index contributed by atoms with van der Waals surface area (Å²) in [6.45, 7) is 6.12. The van der Waals surface area contributed by atoms with E-state index < -0.39 is 0 Å². The monoisotopic (exact) mass is 292 g/mol. The molecule has 3 fully saturated rings. The van der Waals surface area contributed by atoms with Crippen molar-refractivity contribution in [1.82, 2.24) is 10.2 Å². The molecular formula is C17H25ClN2. The maximum absolute atomic E-state index is 6.01. The number of rotatable bonds is 5. The molecule has 20 heavy (non-hydrogen) atoms. The molecule has 2 bridgehead atoms. The van der Waals surface area contributed by atoms with E-state index in [4.69, 9.17) is 11.6 Å². The highest BCUT2D eigenvalue weighted by molar-refractivity contribution is 6.30. The van der Waals surface area contributed by atoms with Crippen molar-refractivity contribution in [1.29, 1.82) is 0 Å². The SMILES string of the molecule is CCCC(NC1CN2CCC1CC2)c1ccc(Cl)cc1. The van der Waals surface area contributed by atoms with Crippen LogP contribution < -0.4 is 5.32 Å². The lowest BCUT2D eigenvalue weighted by Gasteiger charge is -2.46. The molecule has 2 atom stereocenters. The maximum Gasteiger partial charge on any atom is 0.0406 e. The van der Waals surface area contributed by atoms with E-state index in [-0.39, 0.29) is 0 Å². The van der Waals surface area contributed by atoms with Crippen molar-refractivity contribution in [3.63, 3.8) is 0 Å². The molecule has 0 aromatic heterocycles. The molecule has 2 unspecified atom stereocenters. The average molecular weight is 293 g/mol. The van der Waals surface area contributed by atoms with Gasteiger partial charge >= 0.3 is 0 Å². The van der Waals surface area contributed by atoms with Crippen molar-refractivity contribution in [3.05, 3.63) is 34.9 Å². The number of benzene rings is 1. The Kier molecular flexibility index (Phi) is 4.65. The number of nitrogens with one attached hydrogen (secondary N) is 1. The summed E-state index contributed by atoms with van der Waals surface area (Å²) in [4.78, 5) is 2.61. The van der Waals surface area contributed by atoms with E-state index in [1.165, 1.54) is 50.9 Å². The van der Waals surface area contributed by atoms with Crippen molar-refractivity contribution in [3.8, 4) is 0 Å². The van der Waals surface area contributed by atoms with Gasteiger partial charge in [0.25, 0.3) is 0 Å². The minimum absolute atomic E-state index is 0.475. The Morgan fingerprint density at radius 2 is 1.95 bits per heavy atom. The van der Waals surface area contributed by atoms with Gasteiger partial charge in [-0.15, -0.1) is 0 Å². The summed E-state index contributed by atoms with van der Waals surface area (Å²) in [5.41, 5.74) is 1.38. The number of fused-ring (bicyclic) bond motifs is 3. The van der Waals surface area contributed by atoms with Crippen LogP contribution in [0, 0.1) is 5.92 Å². The third-order valence-corrected chi connectivity index (χ3v) is 5.17. The smallest absolute Gasteiger partial charge is 0.0406 e. The zero-order chi connectivity index (χ0) is 13.9. The second-order valence-electron chi connectivity index (χ2n) is 6.30. The van der Waals surface area contributed by atoms with E-state index in [0.717, 1.165) is 10.9 Å². The molecule has 110 valence electrons. The molecule has 0 saturated carbocycles. The third kappa shape index (κ3) is 3.19. The van der Waals surface area contributed by atoms with Gasteiger partial charge in [-0.1, -0.05) is 37.1 Å². The van der Waals surface area contributed by atoms with Gasteiger partial charge in [0.1, 0.15) is 0 Å². The summed E-state index contributed by atoms with van der Waals surface area (Å²) in [6, 6.07) is 9.52. The van der Waals surface area contributed by atoms with Gasteiger partial charge in [-0.3, -0.25) is 0 Å². The Morgan fingerprint density at radius 1 is 1.25 bits per heavy atom. The van der Waals surface area contributed by atoms with E-state index in [1.54, 1.807) is 0 Å². The highest BCUT2D eigenvalue weighted by atomic mass is 35.5. The number of piperidine rings is 3. The van der Waals surface area contributed by atoms with E-state index >= 15 is 0 Å². The highest BCUT2D eigenvalue weighted by Gasteiger charge is 2.34. The predicted molar refractivity (Wildman–Crippen MR) is 85.2 cm³/mol. The van der Waals surface area contributed by atoms with Crippen LogP contribution in [0.1, 0.15) is 44.2 Å². The van der Waals surface area contributed by atoms with Gasteiger partial charge in [-0.05, 0) is 56.0 Å². The molecule has 3 saturated heterocycles. The number of hydrogen-bond acceptors (Lipinski definition) is 2. The van der Waals surface area contributed by atoms with Gasteiger partial charge in [-0.2, -0.15) is 0 Å². The fourth-order valence-electron chi connectivity index (χ4n) is 3.74. The minimum atomic E-state index is 0.475. The fraction of sp³-hybridized carbons (Fsp3) is 0.647. The molecule has 3 heteroatoms. The summed E-state index contributed by atoms with van der Waals surface area (Å²) in [5, 5.41) is 4.77. The van der Waals surface area contributed by atoms with Crippen LogP contribution in [-0.4, -0.2) is 30.6 Å². The van der Waals surface area contributed by atoms with E-state index in [0.29, 0.717) is 12.1 Å². The van der Waals surface area contributed by atoms with Crippen LogP contribution in [0.3, 0.4) is 0 Å². The topological polar surface area (TPSA) is 15.3 Å². The van der Waals surface area contributed by atoms with Crippen molar-refractivity contribution < 1.29 is 0 Å². The quantitative estimate of drug-likeness (QED) is 0.886. The van der Waals surface area contributed by atoms with E-state index in [2.05, 4.69) is 29.3 Å². The molecule has 0 aliphatic carbocycles. The first-order valence-corrected chi connectivity index (χ1v) is 8.38. The molecule has 0 radical (unpaired) electrons. The van der Waals surface area contributed by atoms with Crippen LogP contribution in [0.2, 0.25) is 5.02 Å². The van der Waals surface area contributed by atoms with Gasteiger partial charge in [0.2, 0.25) is 0 Å². The Balaban J connectivity index is 1.69. The summed E-state index contributed by atoms with van der Waals surface area (Å²) < 4.78 is 0. The second kappa shape index (κ2) is 6.46. The summed E-state index contributed by atoms with van der Waals surface area (Å²) >= 11 is 6.01. The highest BCUT2D eigenvalue weighted by Crippen LogP contribution is 2.30. The molecule has 4 rings (SSSR count). The Morgan fingerprint density at radius 3 is 2.50 bits per heavy atom. The van der Waals surface area contributed by atoms with Crippen LogP contribution in [-0.2, 0) is 0 Å². The van der Waals surface area contributed by atoms with Gasteiger partial charge in [0.15, 0.2) is 0 Å². The van der Waals surface area contributed by atoms with Crippen molar-refractivity contribution in [2.75, 3.05) is 19.6 Å². The first kappa shape index (κ1) is 14.4. The Labute approximate surface area is 127 Å². The Bertz CT molecular complexity index is 423. The molecule has 1 aromatic carbocycles. The largest absolute Gasteiger partial charge is 0.306 e. The van der Waals surface area contributed by atoms with Gasteiger partial charge in [0, 0.05) is 23.7 Å². The standard InChI is InChI=1S/C17H25ClN2/c1-2-3-16(13-4-6-15(18)7-5-13)19-17-12-20-10-8-14(17)9-11-20/h4-7,14,16-17,19H,2-3,8-12H2,1H3. The van der Waals surface area contributed by atoms with Gasteiger partial charge in [-0.25, -0.2) is 0 Å². The number of nitrogens with zero attached hydrogens (tertiary/aromatic N) is 1. The normalized spacial score (nSPS) is 30.4. The fourth-order valence-corrected chi connectivity index (χ4v) is 3.87. The molecule has 0 amide bonds. The molecule has 1 N–H and O–H groups in total. The molecule has 0 spiro atoms. The predicted octanol–water partition coefficient (Wildman–Crippen LogP) is 3.87.